The van der Waals surface area contributed by atoms with E-state index < -0.39 is 0 Å². The lowest BCUT2D eigenvalue weighted by atomic mass is 10.1. The van der Waals surface area contributed by atoms with Crippen LogP contribution in [0.4, 0.5) is 5.69 Å². The summed E-state index contributed by atoms with van der Waals surface area (Å²) in [6.45, 7) is 5.10. The summed E-state index contributed by atoms with van der Waals surface area (Å²) in [5, 5.41) is 5.61. The van der Waals surface area contributed by atoms with Crippen LogP contribution in [0.25, 0.3) is 0 Å². The number of carbonyl (C=O) groups is 2. The highest BCUT2D eigenvalue weighted by Gasteiger charge is 2.13. The molecule has 0 saturated carbocycles. The molecule has 0 aliphatic carbocycles. The second-order valence-corrected chi connectivity index (χ2v) is 6.77. The molecule has 0 atom stereocenters. The maximum absolute atomic E-state index is 12.4. The maximum Gasteiger partial charge on any atom is 0.262 e. The van der Waals surface area contributed by atoms with Gasteiger partial charge in [-0.15, -0.1) is 0 Å². The average Bonchev–Trinajstić information content (AvgIpc) is 2.59. The minimum atomic E-state index is -0.317. The SMILES string of the molecule is Cc1cc(C)cc(OCC(=O)Nc2ccccc2C(=O)NCCN(C)C)c1. The van der Waals surface area contributed by atoms with E-state index in [1.807, 2.05) is 51.0 Å². The number of para-hydroxylation sites is 1. The van der Waals surface area contributed by atoms with Gasteiger partial charge in [-0.3, -0.25) is 9.59 Å². The molecule has 2 aromatic rings. The normalized spacial score (nSPS) is 10.6. The predicted octanol–water partition coefficient (Wildman–Crippen LogP) is 2.61. The van der Waals surface area contributed by atoms with Gasteiger partial charge in [0.15, 0.2) is 6.61 Å². The van der Waals surface area contributed by atoms with Crippen LogP contribution in [0.15, 0.2) is 42.5 Å². The van der Waals surface area contributed by atoms with Crippen molar-refractivity contribution in [3.8, 4) is 5.75 Å². The van der Waals surface area contributed by atoms with Crippen LogP contribution in [0, 0.1) is 13.8 Å². The van der Waals surface area contributed by atoms with Gasteiger partial charge in [-0.1, -0.05) is 18.2 Å². The Hall–Kier alpha value is -2.86. The Morgan fingerprint density at radius 2 is 1.70 bits per heavy atom. The summed E-state index contributed by atoms with van der Waals surface area (Å²) in [6.07, 6.45) is 0. The minimum Gasteiger partial charge on any atom is -0.484 e. The van der Waals surface area contributed by atoms with Crippen LogP contribution in [0.1, 0.15) is 21.5 Å². The first-order valence-electron chi connectivity index (χ1n) is 8.88. The van der Waals surface area contributed by atoms with Crippen LogP contribution >= 0.6 is 0 Å². The first kappa shape index (κ1) is 20.5. The molecule has 6 nitrogen and oxygen atoms in total. The molecule has 144 valence electrons. The molecule has 0 saturated heterocycles. The first-order valence-corrected chi connectivity index (χ1v) is 8.88. The molecule has 0 aliphatic heterocycles. The van der Waals surface area contributed by atoms with Crippen LogP contribution in [0.2, 0.25) is 0 Å². The molecule has 0 fully saturated rings. The van der Waals surface area contributed by atoms with Crippen molar-refractivity contribution >= 4 is 17.5 Å². The molecule has 27 heavy (non-hydrogen) atoms. The summed E-state index contributed by atoms with van der Waals surface area (Å²) in [6, 6.07) is 12.7. The van der Waals surface area contributed by atoms with E-state index in [1.165, 1.54) is 0 Å². The smallest absolute Gasteiger partial charge is 0.262 e. The third kappa shape index (κ3) is 6.75. The Morgan fingerprint density at radius 3 is 2.37 bits per heavy atom. The highest BCUT2D eigenvalue weighted by molar-refractivity contribution is 6.04. The lowest BCUT2D eigenvalue weighted by Gasteiger charge is -2.14. The van der Waals surface area contributed by atoms with E-state index in [0.717, 1.165) is 17.7 Å². The largest absolute Gasteiger partial charge is 0.484 e. The highest BCUT2D eigenvalue weighted by Crippen LogP contribution is 2.17. The topological polar surface area (TPSA) is 70.7 Å². The van der Waals surface area contributed by atoms with Gasteiger partial charge < -0.3 is 20.3 Å². The highest BCUT2D eigenvalue weighted by atomic mass is 16.5. The number of rotatable bonds is 8. The number of hydrogen-bond acceptors (Lipinski definition) is 4. The Morgan fingerprint density at radius 1 is 1.04 bits per heavy atom. The van der Waals surface area contributed by atoms with Crippen molar-refractivity contribution in [3.05, 3.63) is 59.2 Å². The zero-order valence-corrected chi connectivity index (χ0v) is 16.3. The third-order valence-corrected chi connectivity index (χ3v) is 3.86. The van der Waals surface area contributed by atoms with Crippen molar-refractivity contribution < 1.29 is 14.3 Å². The molecular weight excluding hydrogens is 342 g/mol. The van der Waals surface area contributed by atoms with Gasteiger partial charge >= 0.3 is 0 Å². The monoisotopic (exact) mass is 369 g/mol. The Balaban J connectivity index is 1.96. The lowest BCUT2D eigenvalue weighted by Crippen LogP contribution is -2.32. The molecule has 0 bridgehead atoms. The van der Waals surface area contributed by atoms with E-state index in [9.17, 15) is 9.59 Å². The summed E-state index contributed by atoms with van der Waals surface area (Å²) in [5.74, 6) is 0.114. The molecule has 0 spiro atoms. The second-order valence-electron chi connectivity index (χ2n) is 6.77. The number of hydrogen-bond donors (Lipinski definition) is 2. The molecule has 2 aromatic carbocycles. The minimum absolute atomic E-state index is 0.126. The van der Waals surface area contributed by atoms with E-state index >= 15 is 0 Å². The summed E-state index contributed by atoms with van der Waals surface area (Å²) in [7, 11) is 3.88. The molecule has 0 aromatic heterocycles. The number of ether oxygens (including phenoxy) is 1. The fourth-order valence-corrected chi connectivity index (χ4v) is 2.63. The summed E-state index contributed by atoms with van der Waals surface area (Å²) < 4.78 is 5.58. The number of nitrogens with zero attached hydrogens (tertiary/aromatic N) is 1. The average molecular weight is 369 g/mol. The van der Waals surface area contributed by atoms with Crippen LogP contribution in [0.5, 0.6) is 5.75 Å². The van der Waals surface area contributed by atoms with Crippen molar-refractivity contribution in [2.45, 2.75) is 13.8 Å². The molecule has 0 radical (unpaired) electrons. The number of amides is 2. The zero-order chi connectivity index (χ0) is 19.8. The van der Waals surface area contributed by atoms with Gasteiger partial charge in [0.1, 0.15) is 5.75 Å². The van der Waals surface area contributed by atoms with E-state index in [1.54, 1.807) is 24.3 Å². The quantitative estimate of drug-likeness (QED) is 0.750. The Labute approximate surface area is 160 Å². The fourth-order valence-electron chi connectivity index (χ4n) is 2.63. The number of likely N-dealkylation sites (N-methyl/N-ethyl adjacent to an activating group) is 1. The summed E-state index contributed by atoms with van der Waals surface area (Å²) in [4.78, 5) is 26.6. The predicted molar refractivity (Wildman–Crippen MR) is 107 cm³/mol. The van der Waals surface area contributed by atoms with Crippen molar-refractivity contribution in [1.82, 2.24) is 10.2 Å². The molecule has 2 rings (SSSR count). The second kappa shape index (κ2) is 9.73. The van der Waals surface area contributed by atoms with Crippen LogP contribution < -0.4 is 15.4 Å². The summed E-state index contributed by atoms with van der Waals surface area (Å²) >= 11 is 0. The number of aryl methyl sites for hydroxylation is 2. The van der Waals surface area contributed by atoms with E-state index in [-0.39, 0.29) is 18.4 Å². The number of benzene rings is 2. The number of nitrogens with one attached hydrogen (secondary N) is 2. The fraction of sp³-hybridized carbons (Fsp3) is 0.333. The van der Waals surface area contributed by atoms with Crippen LogP contribution in [0.3, 0.4) is 0 Å². The van der Waals surface area contributed by atoms with Gasteiger partial charge in [-0.05, 0) is 63.3 Å². The van der Waals surface area contributed by atoms with E-state index in [4.69, 9.17) is 4.74 Å². The molecule has 0 aliphatic rings. The zero-order valence-electron chi connectivity index (χ0n) is 16.3. The van der Waals surface area contributed by atoms with Gasteiger partial charge in [0, 0.05) is 13.1 Å². The number of anilines is 1. The molecular formula is C21H27N3O3. The maximum atomic E-state index is 12.4. The van der Waals surface area contributed by atoms with Crippen molar-refractivity contribution in [2.75, 3.05) is 39.1 Å². The van der Waals surface area contributed by atoms with Gasteiger partial charge in [-0.25, -0.2) is 0 Å². The third-order valence-electron chi connectivity index (χ3n) is 3.86. The van der Waals surface area contributed by atoms with Crippen molar-refractivity contribution in [2.24, 2.45) is 0 Å². The number of carbonyl (C=O) groups excluding carboxylic acids is 2. The van der Waals surface area contributed by atoms with E-state index in [2.05, 4.69) is 10.6 Å². The molecule has 2 N–H and O–H groups in total. The van der Waals surface area contributed by atoms with Crippen LogP contribution in [-0.4, -0.2) is 50.5 Å². The molecule has 0 heterocycles. The molecule has 0 unspecified atom stereocenters. The summed E-state index contributed by atoms with van der Waals surface area (Å²) in [5.41, 5.74) is 3.04. The van der Waals surface area contributed by atoms with Gasteiger partial charge in [0.2, 0.25) is 0 Å². The molecule has 2 amide bonds. The van der Waals surface area contributed by atoms with Crippen molar-refractivity contribution in [3.63, 3.8) is 0 Å². The van der Waals surface area contributed by atoms with Gasteiger partial charge in [0.05, 0.1) is 11.3 Å². The standard InChI is InChI=1S/C21H27N3O3/c1-15-11-16(2)13-17(12-15)27-14-20(25)23-19-8-6-5-7-18(19)21(26)22-9-10-24(3)4/h5-8,11-13H,9-10,14H2,1-4H3,(H,22,26)(H,23,25). The molecule has 6 heteroatoms. The van der Waals surface area contributed by atoms with Gasteiger partial charge in [-0.2, -0.15) is 0 Å². The lowest BCUT2D eigenvalue weighted by molar-refractivity contribution is -0.118. The Bertz CT molecular complexity index is 783. The van der Waals surface area contributed by atoms with Crippen LogP contribution in [-0.2, 0) is 4.79 Å². The Kier molecular flexibility index (Phi) is 7.37. The van der Waals surface area contributed by atoms with Gasteiger partial charge in [0.25, 0.3) is 11.8 Å². The van der Waals surface area contributed by atoms with Crippen molar-refractivity contribution in [1.29, 1.82) is 0 Å². The first-order chi connectivity index (χ1) is 12.8. The van der Waals surface area contributed by atoms with E-state index in [0.29, 0.717) is 23.5 Å².